The summed E-state index contributed by atoms with van der Waals surface area (Å²) in [7, 11) is 0. The summed E-state index contributed by atoms with van der Waals surface area (Å²) in [5.41, 5.74) is 1.10. The molecule has 2 N–H and O–H groups in total. The highest BCUT2D eigenvalue weighted by Gasteiger charge is 2.08. The maximum atomic E-state index is 11.5. The van der Waals surface area contributed by atoms with Crippen molar-refractivity contribution >= 4 is 21.8 Å². The molecular formula is C12H17BrN2O. The average molecular weight is 285 g/mol. The molecule has 88 valence electrons. The lowest BCUT2D eigenvalue weighted by Gasteiger charge is -2.14. The molecule has 16 heavy (non-hydrogen) atoms. The quantitative estimate of drug-likeness (QED) is 0.871. The molecule has 1 unspecified atom stereocenters. The summed E-state index contributed by atoms with van der Waals surface area (Å²) in [6.07, 6.45) is 0. The van der Waals surface area contributed by atoms with Crippen LogP contribution in [0.1, 0.15) is 25.5 Å². The minimum atomic E-state index is 0.0225. The molecular weight excluding hydrogens is 268 g/mol. The number of hydrogen-bond donors (Lipinski definition) is 2. The Bertz CT molecular complexity index is 355. The van der Waals surface area contributed by atoms with Gasteiger partial charge < -0.3 is 10.6 Å². The highest BCUT2D eigenvalue weighted by Crippen LogP contribution is 2.17. The maximum Gasteiger partial charge on any atom is 0.234 e. The number of amides is 1. The van der Waals surface area contributed by atoms with Gasteiger partial charge in [-0.05, 0) is 31.2 Å². The van der Waals surface area contributed by atoms with E-state index in [0.717, 1.165) is 16.6 Å². The van der Waals surface area contributed by atoms with Crippen LogP contribution in [-0.4, -0.2) is 19.0 Å². The Balaban J connectivity index is 2.52. The monoisotopic (exact) mass is 284 g/mol. The second-order valence-electron chi connectivity index (χ2n) is 3.62. The van der Waals surface area contributed by atoms with Crippen LogP contribution < -0.4 is 10.6 Å². The van der Waals surface area contributed by atoms with Crippen LogP contribution in [0, 0.1) is 0 Å². The second-order valence-corrected chi connectivity index (χ2v) is 4.54. The van der Waals surface area contributed by atoms with Crippen molar-refractivity contribution in [1.29, 1.82) is 0 Å². The molecule has 1 amide bonds. The standard InChI is InChI=1S/C12H17BrN2O/c1-3-14-8-12(16)15-9(2)10-5-4-6-11(13)7-10/h4-7,9,14H,3,8H2,1-2H3,(H,15,16). The number of benzene rings is 1. The van der Waals surface area contributed by atoms with Crippen LogP contribution in [-0.2, 0) is 4.79 Å². The molecule has 1 rings (SSSR count). The maximum absolute atomic E-state index is 11.5. The number of nitrogens with one attached hydrogen (secondary N) is 2. The van der Waals surface area contributed by atoms with E-state index in [2.05, 4.69) is 26.6 Å². The summed E-state index contributed by atoms with van der Waals surface area (Å²) < 4.78 is 1.03. The zero-order valence-corrected chi connectivity index (χ0v) is 11.2. The Morgan fingerprint density at radius 3 is 2.88 bits per heavy atom. The molecule has 0 aromatic heterocycles. The normalized spacial score (nSPS) is 12.2. The van der Waals surface area contributed by atoms with E-state index in [9.17, 15) is 4.79 Å². The van der Waals surface area contributed by atoms with E-state index in [1.165, 1.54) is 0 Å². The Kier molecular flexibility index (Phi) is 5.49. The van der Waals surface area contributed by atoms with E-state index in [4.69, 9.17) is 0 Å². The van der Waals surface area contributed by atoms with Gasteiger partial charge in [0.2, 0.25) is 5.91 Å². The van der Waals surface area contributed by atoms with Crippen molar-refractivity contribution in [2.45, 2.75) is 19.9 Å². The largest absolute Gasteiger partial charge is 0.348 e. The topological polar surface area (TPSA) is 41.1 Å². The van der Waals surface area contributed by atoms with Gasteiger partial charge in [0.15, 0.2) is 0 Å². The first-order valence-corrected chi connectivity index (χ1v) is 6.18. The molecule has 4 heteroatoms. The van der Waals surface area contributed by atoms with Crippen molar-refractivity contribution in [3.63, 3.8) is 0 Å². The highest BCUT2D eigenvalue weighted by atomic mass is 79.9. The number of carbonyl (C=O) groups excluding carboxylic acids is 1. The van der Waals surface area contributed by atoms with E-state index in [0.29, 0.717) is 6.54 Å². The van der Waals surface area contributed by atoms with E-state index < -0.39 is 0 Å². The van der Waals surface area contributed by atoms with Crippen LogP contribution in [0.5, 0.6) is 0 Å². The number of rotatable bonds is 5. The summed E-state index contributed by atoms with van der Waals surface area (Å²) in [6, 6.07) is 7.98. The molecule has 0 aliphatic rings. The van der Waals surface area contributed by atoms with E-state index in [-0.39, 0.29) is 11.9 Å². The molecule has 0 aliphatic carbocycles. The third kappa shape index (κ3) is 4.33. The van der Waals surface area contributed by atoms with E-state index in [1.807, 2.05) is 38.1 Å². The second kappa shape index (κ2) is 6.66. The van der Waals surface area contributed by atoms with Crippen LogP contribution in [0.3, 0.4) is 0 Å². The van der Waals surface area contributed by atoms with Crippen LogP contribution in [0.15, 0.2) is 28.7 Å². The summed E-state index contributed by atoms with van der Waals surface area (Å²) in [6.45, 7) is 5.13. The van der Waals surface area contributed by atoms with Gasteiger partial charge in [0.25, 0.3) is 0 Å². The molecule has 0 saturated carbocycles. The van der Waals surface area contributed by atoms with Gasteiger partial charge in [-0.1, -0.05) is 35.0 Å². The first-order valence-electron chi connectivity index (χ1n) is 5.39. The van der Waals surface area contributed by atoms with Crippen molar-refractivity contribution in [3.8, 4) is 0 Å². The van der Waals surface area contributed by atoms with Crippen LogP contribution in [0.25, 0.3) is 0 Å². The van der Waals surface area contributed by atoms with Gasteiger partial charge in [0.1, 0.15) is 0 Å². The molecule has 0 saturated heterocycles. The van der Waals surface area contributed by atoms with Crippen molar-refractivity contribution in [2.24, 2.45) is 0 Å². The highest BCUT2D eigenvalue weighted by molar-refractivity contribution is 9.10. The fourth-order valence-corrected chi connectivity index (χ4v) is 1.81. The number of halogens is 1. The molecule has 0 heterocycles. The van der Waals surface area contributed by atoms with Crippen molar-refractivity contribution in [3.05, 3.63) is 34.3 Å². The minimum Gasteiger partial charge on any atom is -0.348 e. The predicted octanol–water partition coefficient (Wildman–Crippen LogP) is 2.24. The van der Waals surface area contributed by atoms with Crippen molar-refractivity contribution in [2.75, 3.05) is 13.1 Å². The molecule has 0 spiro atoms. The summed E-state index contributed by atoms with van der Waals surface area (Å²) >= 11 is 3.41. The SMILES string of the molecule is CCNCC(=O)NC(C)c1cccc(Br)c1. The third-order valence-corrected chi connectivity index (χ3v) is 2.75. The average Bonchev–Trinajstić information content (AvgIpc) is 2.26. The molecule has 1 atom stereocenters. The van der Waals surface area contributed by atoms with Gasteiger partial charge in [-0.25, -0.2) is 0 Å². The molecule has 0 radical (unpaired) electrons. The predicted molar refractivity (Wildman–Crippen MR) is 69.2 cm³/mol. The summed E-state index contributed by atoms with van der Waals surface area (Å²) in [4.78, 5) is 11.5. The molecule has 3 nitrogen and oxygen atoms in total. The first kappa shape index (κ1) is 13.2. The van der Waals surface area contributed by atoms with Crippen LogP contribution in [0.2, 0.25) is 0 Å². The molecule has 1 aromatic carbocycles. The third-order valence-electron chi connectivity index (χ3n) is 2.26. The lowest BCUT2D eigenvalue weighted by Crippen LogP contribution is -2.35. The van der Waals surface area contributed by atoms with Gasteiger partial charge in [0.05, 0.1) is 12.6 Å². The van der Waals surface area contributed by atoms with Gasteiger partial charge in [-0.2, -0.15) is 0 Å². The van der Waals surface area contributed by atoms with Crippen LogP contribution in [0.4, 0.5) is 0 Å². The summed E-state index contributed by atoms with van der Waals surface area (Å²) in [5, 5.41) is 5.93. The fourth-order valence-electron chi connectivity index (χ4n) is 1.39. The van der Waals surface area contributed by atoms with Crippen LogP contribution >= 0.6 is 15.9 Å². The number of hydrogen-bond acceptors (Lipinski definition) is 2. The zero-order valence-electron chi connectivity index (χ0n) is 9.59. The van der Waals surface area contributed by atoms with Crippen molar-refractivity contribution in [1.82, 2.24) is 10.6 Å². The Labute approximate surface area is 105 Å². The molecule has 0 bridgehead atoms. The lowest BCUT2D eigenvalue weighted by atomic mass is 10.1. The van der Waals surface area contributed by atoms with Gasteiger partial charge in [-0.3, -0.25) is 4.79 Å². The van der Waals surface area contributed by atoms with Gasteiger partial charge >= 0.3 is 0 Å². The molecule has 1 aromatic rings. The van der Waals surface area contributed by atoms with Gasteiger partial charge in [-0.15, -0.1) is 0 Å². The van der Waals surface area contributed by atoms with Gasteiger partial charge in [0, 0.05) is 4.47 Å². The van der Waals surface area contributed by atoms with Crippen molar-refractivity contribution < 1.29 is 4.79 Å². The Morgan fingerprint density at radius 2 is 2.25 bits per heavy atom. The molecule has 0 fully saturated rings. The first-order chi connectivity index (χ1) is 7.63. The number of carbonyl (C=O) groups is 1. The van der Waals surface area contributed by atoms with E-state index >= 15 is 0 Å². The smallest absolute Gasteiger partial charge is 0.234 e. The number of likely N-dealkylation sites (N-methyl/N-ethyl adjacent to an activating group) is 1. The molecule has 0 aliphatic heterocycles. The Hall–Kier alpha value is -0.870. The summed E-state index contributed by atoms with van der Waals surface area (Å²) in [5.74, 6) is 0.0225. The zero-order chi connectivity index (χ0) is 12.0. The fraction of sp³-hybridized carbons (Fsp3) is 0.417. The lowest BCUT2D eigenvalue weighted by molar-refractivity contribution is -0.120. The van der Waals surface area contributed by atoms with E-state index in [1.54, 1.807) is 0 Å². The Morgan fingerprint density at radius 1 is 1.50 bits per heavy atom. The minimum absolute atomic E-state index is 0.0225.